The van der Waals surface area contributed by atoms with Crippen LogP contribution in [-0.2, 0) is 19.5 Å². The number of hydrogen-bond acceptors (Lipinski definition) is 4. The molecule has 21 heavy (non-hydrogen) atoms. The second kappa shape index (κ2) is 8.24. The smallest absolute Gasteiger partial charge is 0.243 e. The van der Waals surface area contributed by atoms with Crippen molar-refractivity contribution in [3.63, 3.8) is 0 Å². The summed E-state index contributed by atoms with van der Waals surface area (Å²) in [7, 11) is -0.473. The van der Waals surface area contributed by atoms with E-state index < -0.39 is 10.0 Å². The SMILES string of the molecule is COCCN(C(C)COC)S(=O)(=O)c1ccc(Br)c(C)c1. The summed E-state index contributed by atoms with van der Waals surface area (Å²) in [6.07, 6.45) is 0. The first kappa shape index (κ1) is 18.6. The van der Waals surface area contributed by atoms with Crippen molar-refractivity contribution in [2.24, 2.45) is 0 Å². The fraction of sp³-hybridized carbons (Fsp3) is 0.571. The summed E-state index contributed by atoms with van der Waals surface area (Å²) in [5.74, 6) is 0. The molecule has 0 N–H and O–H groups in total. The van der Waals surface area contributed by atoms with Gasteiger partial charge in [0.25, 0.3) is 0 Å². The van der Waals surface area contributed by atoms with E-state index in [1.807, 2.05) is 13.8 Å². The van der Waals surface area contributed by atoms with E-state index in [-0.39, 0.29) is 10.9 Å². The van der Waals surface area contributed by atoms with Gasteiger partial charge in [0.15, 0.2) is 0 Å². The summed E-state index contributed by atoms with van der Waals surface area (Å²) in [6, 6.07) is 4.75. The van der Waals surface area contributed by atoms with E-state index in [9.17, 15) is 8.42 Å². The Kier molecular flexibility index (Phi) is 7.29. The number of benzene rings is 1. The van der Waals surface area contributed by atoms with Crippen LogP contribution in [0.3, 0.4) is 0 Å². The average molecular weight is 380 g/mol. The van der Waals surface area contributed by atoms with Crippen molar-refractivity contribution in [1.29, 1.82) is 0 Å². The molecule has 0 aliphatic rings. The zero-order valence-corrected chi connectivity index (χ0v) is 15.2. The molecule has 0 fully saturated rings. The fourth-order valence-corrected chi connectivity index (χ4v) is 3.93. The zero-order chi connectivity index (χ0) is 16.0. The first-order valence-electron chi connectivity index (χ1n) is 6.60. The predicted molar refractivity (Wildman–Crippen MR) is 86.0 cm³/mol. The van der Waals surface area contributed by atoms with E-state index >= 15 is 0 Å². The van der Waals surface area contributed by atoms with Crippen LogP contribution in [-0.4, -0.2) is 52.7 Å². The molecule has 1 aromatic carbocycles. The number of aryl methyl sites for hydroxylation is 1. The number of nitrogens with zero attached hydrogens (tertiary/aromatic N) is 1. The van der Waals surface area contributed by atoms with Crippen molar-refractivity contribution in [2.45, 2.75) is 24.8 Å². The normalized spacial score (nSPS) is 13.6. The summed E-state index contributed by atoms with van der Waals surface area (Å²) < 4.78 is 38.0. The quantitative estimate of drug-likeness (QED) is 0.695. The highest BCUT2D eigenvalue weighted by molar-refractivity contribution is 9.10. The highest BCUT2D eigenvalue weighted by atomic mass is 79.9. The van der Waals surface area contributed by atoms with E-state index in [1.54, 1.807) is 32.4 Å². The van der Waals surface area contributed by atoms with Crippen molar-refractivity contribution in [3.05, 3.63) is 28.2 Å². The molecule has 0 spiro atoms. The third-order valence-electron chi connectivity index (χ3n) is 3.15. The minimum absolute atomic E-state index is 0.265. The number of hydrogen-bond donors (Lipinski definition) is 0. The Hall–Kier alpha value is -0.470. The Morgan fingerprint density at radius 1 is 1.29 bits per heavy atom. The minimum atomic E-state index is -3.58. The zero-order valence-electron chi connectivity index (χ0n) is 12.8. The summed E-state index contributed by atoms with van der Waals surface area (Å²) in [4.78, 5) is 0.280. The van der Waals surface area contributed by atoms with Gasteiger partial charge in [-0.15, -0.1) is 0 Å². The molecule has 0 saturated carbocycles. The van der Waals surface area contributed by atoms with Gasteiger partial charge in [-0.2, -0.15) is 4.31 Å². The molecule has 0 aliphatic heterocycles. The molecule has 7 heteroatoms. The molecule has 1 aromatic rings. The van der Waals surface area contributed by atoms with Crippen LogP contribution in [0, 0.1) is 6.92 Å². The lowest BCUT2D eigenvalue weighted by molar-refractivity contribution is 0.119. The monoisotopic (exact) mass is 379 g/mol. The van der Waals surface area contributed by atoms with E-state index in [4.69, 9.17) is 9.47 Å². The maximum atomic E-state index is 12.8. The Bertz CT molecular complexity index is 562. The predicted octanol–water partition coefficient (Wildman–Crippen LogP) is 2.43. The van der Waals surface area contributed by atoms with E-state index in [0.717, 1.165) is 10.0 Å². The average Bonchev–Trinajstić information content (AvgIpc) is 2.42. The van der Waals surface area contributed by atoms with Gasteiger partial charge in [-0.05, 0) is 37.6 Å². The molecule has 0 bridgehead atoms. The fourth-order valence-electron chi connectivity index (χ4n) is 2.00. The van der Waals surface area contributed by atoms with Gasteiger partial charge in [0.1, 0.15) is 0 Å². The first-order valence-corrected chi connectivity index (χ1v) is 8.83. The van der Waals surface area contributed by atoms with Gasteiger partial charge in [-0.3, -0.25) is 0 Å². The highest BCUT2D eigenvalue weighted by Gasteiger charge is 2.29. The van der Waals surface area contributed by atoms with E-state index in [2.05, 4.69) is 15.9 Å². The summed E-state index contributed by atoms with van der Waals surface area (Å²) in [6.45, 7) is 4.64. The Morgan fingerprint density at radius 3 is 2.48 bits per heavy atom. The molecule has 0 heterocycles. The molecule has 0 radical (unpaired) electrons. The van der Waals surface area contributed by atoms with Gasteiger partial charge in [0.05, 0.1) is 18.1 Å². The maximum Gasteiger partial charge on any atom is 0.243 e. The summed E-state index contributed by atoms with van der Waals surface area (Å²) >= 11 is 3.38. The Balaban J connectivity index is 3.15. The molecular formula is C14H22BrNO4S. The largest absolute Gasteiger partial charge is 0.383 e. The molecule has 1 atom stereocenters. The minimum Gasteiger partial charge on any atom is -0.383 e. The number of ether oxygens (including phenoxy) is 2. The second-order valence-electron chi connectivity index (χ2n) is 4.82. The van der Waals surface area contributed by atoms with Crippen LogP contribution in [0.4, 0.5) is 0 Å². The molecule has 1 unspecified atom stereocenters. The summed E-state index contributed by atoms with van der Waals surface area (Å²) in [5.41, 5.74) is 0.877. The van der Waals surface area contributed by atoms with Gasteiger partial charge < -0.3 is 9.47 Å². The third-order valence-corrected chi connectivity index (χ3v) is 6.05. The molecular weight excluding hydrogens is 358 g/mol. The molecule has 0 amide bonds. The number of methoxy groups -OCH3 is 2. The Morgan fingerprint density at radius 2 is 1.95 bits per heavy atom. The van der Waals surface area contributed by atoms with Crippen LogP contribution in [0.25, 0.3) is 0 Å². The van der Waals surface area contributed by atoms with Crippen LogP contribution in [0.1, 0.15) is 12.5 Å². The molecule has 0 saturated heterocycles. The van der Waals surface area contributed by atoms with Crippen LogP contribution in [0.15, 0.2) is 27.6 Å². The van der Waals surface area contributed by atoms with Crippen molar-refractivity contribution >= 4 is 26.0 Å². The standard InChI is InChI=1S/C14H22BrNO4S/c1-11-9-13(5-6-14(11)15)21(17,18)16(7-8-19-3)12(2)10-20-4/h5-6,9,12H,7-8,10H2,1-4H3. The summed E-state index contributed by atoms with van der Waals surface area (Å²) in [5, 5.41) is 0. The van der Waals surface area contributed by atoms with E-state index in [0.29, 0.717) is 19.8 Å². The number of rotatable bonds is 8. The van der Waals surface area contributed by atoms with Crippen LogP contribution < -0.4 is 0 Å². The lowest BCUT2D eigenvalue weighted by atomic mass is 10.2. The molecule has 1 rings (SSSR count). The van der Waals surface area contributed by atoms with E-state index in [1.165, 1.54) is 4.31 Å². The third kappa shape index (κ3) is 4.75. The lowest BCUT2D eigenvalue weighted by Gasteiger charge is -2.28. The number of sulfonamides is 1. The molecule has 5 nitrogen and oxygen atoms in total. The molecule has 0 aliphatic carbocycles. The van der Waals surface area contributed by atoms with Crippen LogP contribution in [0.2, 0.25) is 0 Å². The van der Waals surface area contributed by atoms with Crippen molar-refractivity contribution < 1.29 is 17.9 Å². The van der Waals surface area contributed by atoms with Gasteiger partial charge in [0, 0.05) is 31.3 Å². The van der Waals surface area contributed by atoms with Gasteiger partial charge in [0.2, 0.25) is 10.0 Å². The van der Waals surface area contributed by atoms with Gasteiger partial charge in [-0.25, -0.2) is 8.42 Å². The van der Waals surface area contributed by atoms with Gasteiger partial charge in [-0.1, -0.05) is 15.9 Å². The first-order chi connectivity index (χ1) is 9.84. The molecule has 120 valence electrons. The topological polar surface area (TPSA) is 55.8 Å². The van der Waals surface area contributed by atoms with Crippen molar-refractivity contribution in [1.82, 2.24) is 4.31 Å². The lowest BCUT2D eigenvalue weighted by Crippen LogP contribution is -2.42. The number of halogens is 1. The van der Waals surface area contributed by atoms with Crippen LogP contribution >= 0.6 is 15.9 Å². The Labute approximate surface area is 135 Å². The van der Waals surface area contributed by atoms with Gasteiger partial charge >= 0.3 is 0 Å². The maximum absolute atomic E-state index is 12.8. The van der Waals surface area contributed by atoms with Crippen molar-refractivity contribution in [3.8, 4) is 0 Å². The molecule has 0 aromatic heterocycles. The second-order valence-corrected chi connectivity index (χ2v) is 7.57. The van der Waals surface area contributed by atoms with Crippen molar-refractivity contribution in [2.75, 3.05) is 34.0 Å². The van der Waals surface area contributed by atoms with Crippen LogP contribution in [0.5, 0.6) is 0 Å². The highest BCUT2D eigenvalue weighted by Crippen LogP contribution is 2.23.